The Hall–Kier alpha value is -3.84. The number of rotatable bonds is 10. The first-order valence-electron chi connectivity index (χ1n) is 19.4. The number of nitrogens with zero attached hydrogens (tertiary/aromatic N) is 1. The van der Waals surface area contributed by atoms with Gasteiger partial charge in [-0.2, -0.15) is 0 Å². The quantitative estimate of drug-likeness (QED) is 0.163. The summed E-state index contributed by atoms with van der Waals surface area (Å²) in [6, 6.07) is 1.58. The maximum Gasteiger partial charge on any atom is 0.258 e. The number of β-amino-alcohol motifs (C(OH)–C–C–N with tert-alkyl or cyclic N) is 1. The third kappa shape index (κ3) is 6.35. The van der Waals surface area contributed by atoms with E-state index in [0.717, 1.165) is 0 Å². The summed E-state index contributed by atoms with van der Waals surface area (Å²) in [6.45, 7) is 6.73. The fourth-order valence-corrected chi connectivity index (χ4v) is 9.02. The van der Waals surface area contributed by atoms with Crippen LogP contribution in [0.2, 0.25) is 0 Å². The maximum absolute atomic E-state index is 14.3. The molecule has 2 aromatic carbocycles. The molecule has 0 bridgehead atoms. The number of phenols is 2. The minimum atomic E-state index is -1.52. The van der Waals surface area contributed by atoms with Crippen molar-refractivity contribution in [3.63, 3.8) is 0 Å². The van der Waals surface area contributed by atoms with Crippen molar-refractivity contribution in [1.82, 2.24) is 4.90 Å². The van der Waals surface area contributed by atoms with Gasteiger partial charge in [0.2, 0.25) is 5.43 Å². The maximum atomic E-state index is 14.3. The van der Waals surface area contributed by atoms with Gasteiger partial charge in [0.15, 0.2) is 24.4 Å². The van der Waals surface area contributed by atoms with Crippen molar-refractivity contribution < 1.29 is 68.3 Å². The van der Waals surface area contributed by atoms with Gasteiger partial charge in [-0.05, 0) is 51.2 Å². The minimum Gasteiger partial charge on any atom is -0.506 e. The molecule has 1 fully saturated rings. The Kier molecular flexibility index (Phi) is 10.6. The summed E-state index contributed by atoms with van der Waals surface area (Å²) in [4.78, 5) is 29.5. The number of carbonyl (C=O) groups excluding carboxylic acids is 1. The molecule has 0 radical (unpaired) electrons. The summed E-state index contributed by atoms with van der Waals surface area (Å²) in [5.74, 6) is -1.59. The largest absolute Gasteiger partial charge is 0.506 e. The zero-order valence-electron chi connectivity index (χ0n) is 31.7. The number of hydrogen-bond donors (Lipinski definition) is 6. The van der Waals surface area contributed by atoms with Crippen molar-refractivity contribution in [2.45, 2.75) is 127 Å². The number of carbonyl (C=O) groups is 1. The van der Waals surface area contributed by atoms with Crippen molar-refractivity contribution in [3.05, 3.63) is 49.9 Å². The first kappa shape index (κ1) is 39.0. The number of hydrogen-bond acceptors (Lipinski definition) is 15. The van der Waals surface area contributed by atoms with E-state index in [9.17, 15) is 40.2 Å². The molecule has 1 saturated heterocycles. The van der Waals surface area contributed by atoms with Crippen molar-refractivity contribution in [1.29, 1.82) is 0 Å². The van der Waals surface area contributed by atoms with Crippen molar-refractivity contribution in [2.75, 3.05) is 26.7 Å². The second-order valence-electron chi connectivity index (χ2n) is 15.5. The fraction of sp³-hybridized carbons (Fsp3) is 0.600. The second kappa shape index (κ2) is 15.2. The highest BCUT2D eigenvalue weighted by Gasteiger charge is 2.45. The number of benzene rings is 2. The fourth-order valence-electron chi connectivity index (χ4n) is 9.02. The van der Waals surface area contributed by atoms with Crippen LogP contribution in [0.3, 0.4) is 0 Å². The van der Waals surface area contributed by atoms with E-state index >= 15 is 0 Å². The first-order chi connectivity index (χ1) is 26.8. The van der Waals surface area contributed by atoms with Gasteiger partial charge < -0.3 is 68.4 Å². The Balaban J connectivity index is 1.10. The summed E-state index contributed by atoms with van der Waals surface area (Å²) in [5, 5.41) is 65.9. The molecule has 4 heterocycles. The first-order valence-corrected chi connectivity index (χ1v) is 19.4. The summed E-state index contributed by atoms with van der Waals surface area (Å²) in [6.07, 6.45) is -4.69. The lowest BCUT2D eigenvalue weighted by Crippen LogP contribution is -2.45. The highest BCUT2D eigenvalue weighted by molar-refractivity contribution is 6.06. The van der Waals surface area contributed by atoms with Gasteiger partial charge in [-0.25, -0.2) is 0 Å². The Bertz CT molecular complexity index is 2080. The number of aliphatic hydroxyl groups is 4. The topological polar surface area (TPSA) is 227 Å². The van der Waals surface area contributed by atoms with Crippen LogP contribution in [-0.4, -0.2) is 111 Å². The highest BCUT2D eigenvalue weighted by Crippen LogP contribution is 2.58. The molecule has 3 aliphatic heterocycles. The molecule has 16 heteroatoms. The zero-order chi connectivity index (χ0) is 39.7. The Morgan fingerprint density at radius 3 is 2.50 bits per heavy atom. The number of aliphatic hydroxyl groups excluding tert-OH is 4. The molecule has 10 atom stereocenters. The molecule has 56 heavy (non-hydrogen) atoms. The average Bonchev–Trinajstić information content (AvgIpc) is 3.16. The predicted octanol–water partition coefficient (Wildman–Crippen LogP) is 3.11. The van der Waals surface area contributed by atoms with Crippen molar-refractivity contribution in [3.8, 4) is 28.4 Å². The molecule has 304 valence electrons. The van der Waals surface area contributed by atoms with E-state index in [4.69, 9.17) is 32.8 Å². The SMILES string of the molecule is CCC(OC1CCC(O)C(C)O1)C(C)OCOC1CC(O)c2c(oc3c4c5c(c(O)c3c2=O)-c2c(cc3c(c2O)C(=O)N(CCO)C(C)C3)CC5OCO4)C1O. The van der Waals surface area contributed by atoms with Gasteiger partial charge in [0.1, 0.15) is 35.5 Å². The van der Waals surface area contributed by atoms with E-state index in [1.165, 1.54) is 4.90 Å². The number of amides is 1. The van der Waals surface area contributed by atoms with Gasteiger partial charge in [0.25, 0.3) is 5.91 Å². The van der Waals surface area contributed by atoms with Gasteiger partial charge in [0.05, 0.1) is 60.5 Å². The van der Waals surface area contributed by atoms with Crippen LogP contribution < -0.4 is 10.2 Å². The van der Waals surface area contributed by atoms with Gasteiger partial charge in [-0.15, -0.1) is 0 Å². The van der Waals surface area contributed by atoms with Crippen LogP contribution in [0.4, 0.5) is 0 Å². The van der Waals surface area contributed by atoms with Crippen LogP contribution in [0.25, 0.3) is 22.1 Å². The Morgan fingerprint density at radius 2 is 1.77 bits per heavy atom. The van der Waals surface area contributed by atoms with E-state index < -0.39 is 60.0 Å². The number of aromatic hydroxyl groups is 2. The van der Waals surface area contributed by atoms with Gasteiger partial charge in [-0.3, -0.25) is 9.59 Å². The summed E-state index contributed by atoms with van der Waals surface area (Å²) < 4.78 is 41.9. The molecule has 6 N–H and O–H groups in total. The van der Waals surface area contributed by atoms with E-state index in [1.54, 1.807) is 6.92 Å². The van der Waals surface area contributed by atoms with Crippen LogP contribution in [0, 0.1) is 0 Å². The van der Waals surface area contributed by atoms with Gasteiger partial charge >= 0.3 is 0 Å². The van der Waals surface area contributed by atoms with Crippen molar-refractivity contribution >= 4 is 16.9 Å². The van der Waals surface area contributed by atoms with E-state index in [-0.39, 0.29) is 108 Å². The average molecular weight is 784 g/mol. The highest BCUT2D eigenvalue weighted by atomic mass is 16.7. The Morgan fingerprint density at radius 1 is 1.00 bits per heavy atom. The molecule has 3 aromatic rings. The summed E-state index contributed by atoms with van der Waals surface area (Å²) in [5.41, 5.74) is 0.511. The molecule has 10 unspecified atom stereocenters. The van der Waals surface area contributed by atoms with E-state index in [2.05, 4.69) is 0 Å². The van der Waals surface area contributed by atoms with Crippen LogP contribution in [0.15, 0.2) is 15.3 Å². The molecule has 1 amide bonds. The monoisotopic (exact) mass is 783 g/mol. The van der Waals surface area contributed by atoms with Gasteiger partial charge in [0, 0.05) is 48.5 Å². The normalized spacial score (nSPS) is 29.2. The summed E-state index contributed by atoms with van der Waals surface area (Å²) in [7, 11) is 0. The lowest BCUT2D eigenvalue weighted by Gasteiger charge is -2.38. The number of fused-ring (bicyclic) bond motifs is 6. The second-order valence-corrected chi connectivity index (χ2v) is 15.5. The van der Waals surface area contributed by atoms with Crippen LogP contribution in [-0.2, 0) is 36.5 Å². The van der Waals surface area contributed by atoms with Crippen LogP contribution in [0.1, 0.15) is 110 Å². The molecule has 0 saturated carbocycles. The zero-order valence-corrected chi connectivity index (χ0v) is 31.7. The third-order valence-corrected chi connectivity index (χ3v) is 12.0. The van der Waals surface area contributed by atoms with Gasteiger partial charge in [-0.1, -0.05) is 13.0 Å². The number of phenolic OH excluding ortho intramolecular Hbond substituents is 2. The Labute approximate surface area is 322 Å². The predicted molar refractivity (Wildman–Crippen MR) is 195 cm³/mol. The van der Waals surface area contributed by atoms with E-state index in [1.807, 2.05) is 26.8 Å². The third-order valence-electron chi connectivity index (χ3n) is 12.0. The molecule has 8 rings (SSSR count). The molecule has 2 aliphatic carbocycles. The van der Waals surface area contributed by atoms with Crippen molar-refractivity contribution in [2.24, 2.45) is 0 Å². The molecule has 5 aliphatic rings. The van der Waals surface area contributed by atoms with Crippen LogP contribution in [0.5, 0.6) is 17.2 Å². The molecular weight excluding hydrogens is 734 g/mol. The molecule has 1 aromatic heterocycles. The molecule has 0 spiro atoms. The lowest BCUT2D eigenvalue weighted by molar-refractivity contribution is -0.256. The lowest BCUT2D eigenvalue weighted by atomic mass is 9.77. The minimum absolute atomic E-state index is 0.0426. The number of ether oxygens (including phenoxy) is 6. The van der Waals surface area contributed by atoms with E-state index in [0.29, 0.717) is 42.4 Å². The van der Waals surface area contributed by atoms with Crippen LogP contribution >= 0.6 is 0 Å². The smallest absolute Gasteiger partial charge is 0.258 e. The molecular formula is C40H49NO15. The summed E-state index contributed by atoms with van der Waals surface area (Å²) >= 11 is 0. The standard InChI is InChI=1S/C40H49NO15/c1-5-23(55-26-7-6-21(43)17(3)54-26)18(4)50-14-52-25-13-22(44)29-35(47)32-36(48)31-27-20(11-19-10-16(2)41(8-9-42)40(49)28(19)34(27)46)12-24-30(31)38(53-15-51-24)39(32)56-37(29)33(25)45/h11,16-18,21-26,33,42-46,48H,5-10,12-15H2,1-4H3. The molecule has 16 nitrogen and oxygen atoms in total.